The van der Waals surface area contributed by atoms with Crippen LogP contribution in [0.5, 0.6) is 0 Å². The fraction of sp³-hybridized carbons (Fsp3) is 0.906. The summed E-state index contributed by atoms with van der Waals surface area (Å²) in [4.78, 5) is 24.6. The maximum atomic E-state index is 12.5. The van der Waals surface area contributed by atoms with Crippen LogP contribution in [0.4, 0.5) is 0 Å². The van der Waals surface area contributed by atoms with Gasteiger partial charge in [-0.05, 0) is 57.8 Å². The second kappa shape index (κ2) is 59.9. The molecule has 0 aliphatic carbocycles. The van der Waals surface area contributed by atoms with E-state index in [1.807, 2.05) is 6.08 Å². The Labute approximate surface area is 437 Å². The zero-order chi connectivity index (χ0) is 50.7. The number of hydrogen-bond donors (Lipinski definition) is 3. The molecule has 0 saturated carbocycles. The predicted molar refractivity (Wildman–Crippen MR) is 306 cm³/mol. The molecule has 1 amide bonds. The SMILES string of the molecule is CCCCCCCC/C=C\CCCCCCCC(=O)OCCCCCCCCCCCCCCCCCC(=O)NC(CO)C(O)/C=C/CCCCCCCCCCCCCCCCCCCCCCC. The summed E-state index contributed by atoms with van der Waals surface area (Å²) in [5.41, 5.74) is 0. The lowest BCUT2D eigenvalue weighted by Crippen LogP contribution is -2.45. The number of esters is 1. The van der Waals surface area contributed by atoms with Crippen LogP contribution in [0.1, 0.15) is 348 Å². The smallest absolute Gasteiger partial charge is 0.305 e. The number of amides is 1. The molecule has 0 spiro atoms. The molecule has 0 fully saturated rings. The molecule has 6 nitrogen and oxygen atoms in total. The minimum atomic E-state index is -0.852. The molecule has 0 aliphatic heterocycles. The molecule has 70 heavy (non-hydrogen) atoms. The molecule has 0 saturated heterocycles. The van der Waals surface area contributed by atoms with E-state index in [0.717, 1.165) is 51.4 Å². The van der Waals surface area contributed by atoms with E-state index in [0.29, 0.717) is 19.4 Å². The Morgan fingerprint density at radius 2 is 0.671 bits per heavy atom. The van der Waals surface area contributed by atoms with Gasteiger partial charge in [-0.15, -0.1) is 0 Å². The predicted octanol–water partition coefficient (Wildman–Crippen LogP) is 19.8. The van der Waals surface area contributed by atoms with Crippen molar-refractivity contribution in [3.63, 3.8) is 0 Å². The minimum Gasteiger partial charge on any atom is -0.466 e. The van der Waals surface area contributed by atoms with Crippen molar-refractivity contribution >= 4 is 11.9 Å². The minimum absolute atomic E-state index is 0.00758. The summed E-state index contributed by atoms with van der Waals surface area (Å²) in [5, 5.41) is 23.2. The summed E-state index contributed by atoms with van der Waals surface area (Å²) in [6, 6.07) is -0.636. The van der Waals surface area contributed by atoms with Crippen LogP contribution in [0.2, 0.25) is 0 Å². The first kappa shape index (κ1) is 68.3. The van der Waals surface area contributed by atoms with Crippen molar-refractivity contribution in [3.05, 3.63) is 24.3 Å². The van der Waals surface area contributed by atoms with Gasteiger partial charge < -0.3 is 20.3 Å². The first-order valence-corrected chi connectivity index (χ1v) is 31.6. The van der Waals surface area contributed by atoms with E-state index >= 15 is 0 Å². The zero-order valence-corrected chi connectivity index (χ0v) is 47.3. The maximum Gasteiger partial charge on any atom is 0.305 e. The van der Waals surface area contributed by atoms with Gasteiger partial charge in [-0.1, -0.05) is 301 Å². The maximum absolute atomic E-state index is 12.5. The fourth-order valence-corrected chi connectivity index (χ4v) is 9.87. The Morgan fingerprint density at radius 1 is 0.386 bits per heavy atom. The summed E-state index contributed by atoms with van der Waals surface area (Å²) < 4.78 is 5.48. The van der Waals surface area contributed by atoms with E-state index in [1.165, 1.54) is 270 Å². The van der Waals surface area contributed by atoms with Crippen LogP contribution in [0.25, 0.3) is 0 Å². The molecule has 3 N–H and O–H groups in total. The Morgan fingerprint density at radius 3 is 1.01 bits per heavy atom. The Kier molecular flexibility index (Phi) is 58.5. The van der Waals surface area contributed by atoms with Crippen LogP contribution >= 0.6 is 0 Å². The third kappa shape index (κ3) is 55.7. The molecule has 6 heteroatoms. The van der Waals surface area contributed by atoms with Gasteiger partial charge >= 0.3 is 5.97 Å². The Balaban J connectivity index is 3.46. The van der Waals surface area contributed by atoms with Gasteiger partial charge in [0.15, 0.2) is 0 Å². The van der Waals surface area contributed by atoms with Gasteiger partial charge in [0, 0.05) is 12.8 Å². The van der Waals surface area contributed by atoms with Gasteiger partial charge in [-0.3, -0.25) is 9.59 Å². The molecule has 0 radical (unpaired) electrons. The molecule has 2 atom stereocenters. The highest BCUT2D eigenvalue weighted by molar-refractivity contribution is 5.76. The van der Waals surface area contributed by atoms with Gasteiger partial charge in [0.05, 0.1) is 25.4 Å². The van der Waals surface area contributed by atoms with Crippen molar-refractivity contribution < 1.29 is 24.5 Å². The molecule has 0 aromatic heterocycles. The molecular formula is C64H123NO5. The van der Waals surface area contributed by atoms with E-state index in [-0.39, 0.29) is 18.5 Å². The molecule has 2 unspecified atom stereocenters. The molecular weight excluding hydrogens is 863 g/mol. The number of hydrogen-bond acceptors (Lipinski definition) is 5. The monoisotopic (exact) mass is 986 g/mol. The summed E-state index contributed by atoms with van der Waals surface area (Å²) in [5.74, 6) is -0.0808. The van der Waals surface area contributed by atoms with Crippen molar-refractivity contribution in [2.24, 2.45) is 0 Å². The standard InChI is InChI=1S/C64H123NO5/c1-3-5-7-9-11-13-15-17-19-20-21-22-23-24-25-26-29-32-36-40-44-48-52-56-62(67)61(60-66)65-63(68)57-53-49-45-41-37-33-30-27-31-35-39-43-47-51-55-59-70-64(69)58-54-50-46-42-38-34-28-18-16-14-12-10-8-6-4-2/h18,28,52,56,61-62,66-67H,3-17,19-27,29-51,53-55,57-60H2,1-2H3,(H,65,68)/b28-18-,56-52+. The lowest BCUT2D eigenvalue weighted by molar-refractivity contribution is -0.143. The molecule has 0 rings (SSSR count). The average Bonchev–Trinajstić information content (AvgIpc) is 3.36. The zero-order valence-electron chi connectivity index (χ0n) is 47.3. The Hall–Kier alpha value is -1.66. The van der Waals surface area contributed by atoms with E-state index in [1.54, 1.807) is 6.08 Å². The topological polar surface area (TPSA) is 95.9 Å². The van der Waals surface area contributed by atoms with Crippen molar-refractivity contribution in [2.75, 3.05) is 13.2 Å². The average molecular weight is 987 g/mol. The van der Waals surface area contributed by atoms with Crippen molar-refractivity contribution in [3.8, 4) is 0 Å². The van der Waals surface area contributed by atoms with Gasteiger partial charge in [0.25, 0.3) is 0 Å². The number of rotatable bonds is 59. The number of ether oxygens (including phenoxy) is 1. The molecule has 414 valence electrons. The van der Waals surface area contributed by atoms with E-state index < -0.39 is 12.1 Å². The quantitative estimate of drug-likeness (QED) is 0.0321. The third-order valence-electron chi connectivity index (χ3n) is 14.7. The Bertz CT molecular complexity index is 1090. The lowest BCUT2D eigenvalue weighted by atomic mass is 10.0. The highest BCUT2D eigenvalue weighted by Crippen LogP contribution is 2.18. The number of aliphatic hydroxyl groups excluding tert-OH is 2. The van der Waals surface area contributed by atoms with Gasteiger partial charge in [0.1, 0.15) is 0 Å². The number of unbranched alkanes of at least 4 members (excludes halogenated alkanes) is 46. The highest BCUT2D eigenvalue weighted by Gasteiger charge is 2.18. The van der Waals surface area contributed by atoms with Gasteiger partial charge in [0.2, 0.25) is 5.91 Å². The first-order valence-electron chi connectivity index (χ1n) is 31.6. The van der Waals surface area contributed by atoms with Crippen LogP contribution < -0.4 is 5.32 Å². The molecule has 0 bridgehead atoms. The van der Waals surface area contributed by atoms with Crippen LogP contribution in [0.15, 0.2) is 24.3 Å². The van der Waals surface area contributed by atoms with Crippen molar-refractivity contribution in [2.45, 2.75) is 360 Å². The summed E-state index contributed by atoms with van der Waals surface area (Å²) in [6.07, 6.45) is 73.6. The molecule has 0 aromatic rings. The number of carbonyl (C=O) groups is 2. The first-order chi connectivity index (χ1) is 34.5. The molecule has 0 aliphatic rings. The fourth-order valence-electron chi connectivity index (χ4n) is 9.87. The van der Waals surface area contributed by atoms with E-state index in [9.17, 15) is 19.8 Å². The van der Waals surface area contributed by atoms with Crippen LogP contribution in [-0.2, 0) is 14.3 Å². The largest absolute Gasteiger partial charge is 0.466 e. The summed E-state index contributed by atoms with van der Waals surface area (Å²) >= 11 is 0. The van der Waals surface area contributed by atoms with Crippen LogP contribution in [0.3, 0.4) is 0 Å². The summed E-state index contributed by atoms with van der Waals surface area (Å²) in [6.45, 7) is 4.90. The van der Waals surface area contributed by atoms with Gasteiger partial charge in [-0.25, -0.2) is 0 Å². The van der Waals surface area contributed by atoms with Gasteiger partial charge in [-0.2, -0.15) is 0 Å². The highest BCUT2D eigenvalue weighted by atomic mass is 16.5. The third-order valence-corrected chi connectivity index (χ3v) is 14.7. The van der Waals surface area contributed by atoms with Crippen LogP contribution in [0, 0.1) is 0 Å². The summed E-state index contributed by atoms with van der Waals surface area (Å²) in [7, 11) is 0. The second-order valence-electron chi connectivity index (χ2n) is 21.7. The van der Waals surface area contributed by atoms with E-state index in [2.05, 4.69) is 31.3 Å². The second-order valence-corrected chi connectivity index (χ2v) is 21.7. The normalized spacial score (nSPS) is 12.7. The van der Waals surface area contributed by atoms with Crippen LogP contribution in [-0.4, -0.2) is 47.4 Å². The number of allylic oxidation sites excluding steroid dienone is 3. The van der Waals surface area contributed by atoms with E-state index in [4.69, 9.17) is 4.74 Å². The molecule has 0 heterocycles. The number of aliphatic hydroxyl groups is 2. The van der Waals surface area contributed by atoms with Crippen molar-refractivity contribution in [1.29, 1.82) is 0 Å². The number of carbonyl (C=O) groups excluding carboxylic acids is 2. The number of nitrogens with one attached hydrogen (secondary N) is 1. The van der Waals surface area contributed by atoms with Crippen molar-refractivity contribution in [1.82, 2.24) is 5.32 Å². The molecule has 0 aromatic carbocycles. The lowest BCUT2D eigenvalue weighted by Gasteiger charge is -2.20.